The molecule has 1 fully saturated rings. The second kappa shape index (κ2) is 6.51. The molecular formula is C13H21N3O3S. The predicted octanol–water partition coefficient (Wildman–Crippen LogP) is 0.558. The van der Waals surface area contributed by atoms with Crippen molar-refractivity contribution in [2.45, 2.75) is 13.5 Å². The minimum atomic E-state index is -3.06. The normalized spacial score (nSPS) is 18.1. The molecule has 2 rings (SSSR count). The van der Waals surface area contributed by atoms with E-state index in [0.29, 0.717) is 25.6 Å². The number of piperazine rings is 1. The lowest BCUT2D eigenvalue weighted by Gasteiger charge is -2.33. The van der Waals surface area contributed by atoms with Gasteiger partial charge in [-0.25, -0.2) is 13.4 Å². The molecular weight excluding hydrogens is 278 g/mol. The van der Waals surface area contributed by atoms with Crippen molar-refractivity contribution in [1.29, 1.82) is 0 Å². The summed E-state index contributed by atoms with van der Waals surface area (Å²) in [5.41, 5.74) is 1.11. The maximum Gasteiger partial charge on any atom is 0.213 e. The van der Waals surface area contributed by atoms with Crippen LogP contribution in [0.3, 0.4) is 0 Å². The van der Waals surface area contributed by atoms with Gasteiger partial charge in [-0.1, -0.05) is 6.07 Å². The standard InChI is InChI=1S/C13H21N3O3S/c1-3-19-13-5-4-12(10-14-13)11-15-6-8-16(9-7-15)20(2,17)18/h4-5,10H,3,6-9,11H2,1-2H3. The van der Waals surface area contributed by atoms with Crippen LogP contribution in [0.2, 0.25) is 0 Å². The topological polar surface area (TPSA) is 62.7 Å². The molecule has 0 radical (unpaired) electrons. The molecule has 0 N–H and O–H groups in total. The summed E-state index contributed by atoms with van der Waals surface area (Å²) in [4.78, 5) is 6.47. The summed E-state index contributed by atoms with van der Waals surface area (Å²) in [5, 5.41) is 0. The highest BCUT2D eigenvalue weighted by molar-refractivity contribution is 7.88. The number of rotatable bonds is 5. The van der Waals surface area contributed by atoms with E-state index in [1.54, 1.807) is 0 Å². The zero-order chi connectivity index (χ0) is 14.6. The van der Waals surface area contributed by atoms with Crippen molar-refractivity contribution in [2.75, 3.05) is 39.0 Å². The molecule has 0 unspecified atom stereocenters. The van der Waals surface area contributed by atoms with Crippen LogP contribution in [0.25, 0.3) is 0 Å². The van der Waals surface area contributed by atoms with Crippen LogP contribution in [-0.4, -0.2) is 61.6 Å². The molecule has 7 heteroatoms. The van der Waals surface area contributed by atoms with Crippen molar-refractivity contribution in [3.63, 3.8) is 0 Å². The number of aromatic nitrogens is 1. The number of ether oxygens (including phenoxy) is 1. The third-order valence-electron chi connectivity index (χ3n) is 3.30. The van der Waals surface area contributed by atoms with Crippen molar-refractivity contribution in [3.8, 4) is 5.88 Å². The predicted molar refractivity (Wildman–Crippen MR) is 77.1 cm³/mol. The van der Waals surface area contributed by atoms with Gasteiger partial charge in [0.2, 0.25) is 15.9 Å². The molecule has 0 saturated carbocycles. The lowest BCUT2D eigenvalue weighted by Crippen LogP contribution is -2.47. The highest BCUT2D eigenvalue weighted by Gasteiger charge is 2.23. The largest absolute Gasteiger partial charge is 0.478 e. The first-order chi connectivity index (χ1) is 9.49. The Hall–Kier alpha value is -1.18. The molecule has 1 aromatic rings. The Morgan fingerprint density at radius 3 is 2.45 bits per heavy atom. The smallest absolute Gasteiger partial charge is 0.213 e. The molecule has 112 valence electrons. The van der Waals surface area contributed by atoms with E-state index in [4.69, 9.17) is 4.74 Å². The summed E-state index contributed by atoms with van der Waals surface area (Å²) in [6, 6.07) is 3.87. The van der Waals surface area contributed by atoms with Gasteiger partial charge in [-0.15, -0.1) is 0 Å². The van der Waals surface area contributed by atoms with Gasteiger partial charge in [0, 0.05) is 45.0 Å². The first-order valence-corrected chi connectivity index (χ1v) is 8.59. The van der Waals surface area contributed by atoms with E-state index in [0.717, 1.165) is 25.2 Å². The molecule has 0 aromatic carbocycles. The third-order valence-corrected chi connectivity index (χ3v) is 4.60. The first kappa shape index (κ1) is 15.2. The number of pyridine rings is 1. The fourth-order valence-electron chi connectivity index (χ4n) is 2.22. The van der Waals surface area contributed by atoms with E-state index < -0.39 is 10.0 Å². The van der Waals surface area contributed by atoms with E-state index >= 15 is 0 Å². The molecule has 0 amide bonds. The fourth-order valence-corrected chi connectivity index (χ4v) is 3.04. The van der Waals surface area contributed by atoms with Gasteiger partial charge in [0.05, 0.1) is 12.9 Å². The van der Waals surface area contributed by atoms with Gasteiger partial charge in [0.25, 0.3) is 0 Å². The first-order valence-electron chi connectivity index (χ1n) is 6.74. The van der Waals surface area contributed by atoms with E-state index in [9.17, 15) is 8.42 Å². The van der Waals surface area contributed by atoms with Gasteiger partial charge in [0.1, 0.15) is 0 Å². The van der Waals surface area contributed by atoms with E-state index in [1.807, 2.05) is 25.3 Å². The minimum Gasteiger partial charge on any atom is -0.478 e. The van der Waals surface area contributed by atoms with Crippen LogP contribution in [0, 0.1) is 0 Å². The van der Waals surface area contributed by atoms with Gasteiger partial charge < -0.3 is 4.74 Å². The van der Waals surface area contributed by atoms with Gasteiger partial charge >= 0.3 is 0 Å². The molecule has 0 spiro atoms. The molecule has 0 aliphatic carbocycles. The highest BCUT2D eigenvalue weighted by Crippen LogP contribution is 2.12. The number of sulfonamides is 1. The van der Waals surface area contributed by atoms with Crippen molar-refractivity contribution < 1.29 is 13.2 Å². The van der Waals surface area contributed by atoms with Gasteiger partial charge in [-0.05, 0) is 12.5 Å². The summed E-state index contributed by atoms with van der Waals surface area (Å²) < 4.78 is 29.7. The summed E-state index contributed by atoms with van der Waals surface area (Å²) in [6.07, 6.45) is 3.08. The SMILES string of the molecule is CCOc1ccc(CN2CCN(S(C)(=O)=O)CC2)cn1. The number of hydrogen-bond donors (Lipinski definition) is 0. The van der Waals surface area contributed by atoms with Crippen molar-refractivity contribution in [2.24, 2.45) is 0 Å². The average Bonchev–Trinajstić information content (AvgIpc) is 2.41. The lowest BCUT2D eigenvalue weighted by atomic mass is 10.2. The second-order valence-electron chi connectivity index (χ2n) is 4.88. The third kappa shape index (κ3) is 4.16. The Kier molecular flexibility index (Phi) is 4.95. The molecule has 1 aliphatic rings. The van der Waals surface area contributed by atoms with Crippen molar-refractivity contribution >= 4 is 10.0 Å². The molecule has 1 aromatic heterocycles. The van der Waals surface area contributed by atoms with E-state index in [2.05, 4.69) is 9.88 Å². The monoisotopic (exact) mass is 299 g/mol. The molecule has 0 bridgehead atoms. The van der Waals surface area contributed by atoms with E-state index in [-0.39, 0.29) is 0 Å². The second-order valence-corrected chi connectivity index (χ2v) is 6.86. The van der Waals surface area contributed by atoms with Crippen LogP contribution in [0.5, 0.6) is 5.88 Å². The van der Waals surface area contributed by atoms with Crippen LogP contribution < -0.4 is 4.74 Å². The van der Waals surface area contributed by atoms with Crippen LogP contribution in [0.15, 0.2) is 18.3 Å². The number of hydrogen-bond acceptors (Lipinski definition) is 5. The maximum absolute atomic E-state index is 11.4. The Labute approximate surface area is 120 Å². The van der Waals surface area contributed by atoms with Crippen molar-refractivity contribution in [1.82, 2.24) is 14.2 Å². The Morgan fingerprint density at radius 1 is 1.25 bits per heavy atom. The summed E-state index contributed by atoms with van der Waals surface area (Å²) >= 11 is 0. The zero-order valence-electron chi connectivity index (χ0n) is 11.9. The summed E-state index contributed by atoms with van der Waals surface area (Å²) in [5.74, 6) is 0.637. The Balaban J connectivity index is 1.86. The molecule has 20 heavy (non-hydrogen) atoms. The quantitative estimate of drug-likeness (QED) is 0.795. The molecule has 0 atom stereocenters. The Bertz CT molecular complexity index is 522. The van der Waals surface area contributed by atoms with Gasteiger partial charge in [-0.3, -0.25) is 4.90 Å². The van der Waals surface area contributed by atoms with Crippen molar-refractivity contribution in [3.05, 3.63) is 23.9 Å². The van der Waals surface area contributed by atoms with Crippen LogP contribution in [-0.2, 0) is 16.6 Å². The average molecular weight is 299 g/mol. The molecule has 6 nitrogen and oxygen atoms in total. The zero-order valence-corrected chi connectivity index (χ0v) is 12.8. The summed E-state index contributed by atoms with van der Waals surface area (Å²) in [7, 11) is -3.06. The molecule has 1 aliphatic heterocycles. The van der Waals surface area contributed by atoms with Gasteiger partial charge in [0.15, 0.2) is 0 Å². The molecule has 1 saturated heterocycles. The Morgan fingerprint density at radius 2 is 1.95 bits per heavy atom. The van der Waals surface area contributed by atoms with Crippen LogP contribution in [0.1, 0.15) is 12.5 Å². The lowest BCUT2D eigenvalue weighted by molar-refractivity contribution is 0.182. The van der Waals surface area contributed by atoms with Crippen LogP contribution >= 0.6 is 0 Å². The van der Waals surface area contributed by atoms with Gasteiger partial charge in [-0.2, -0.15) is 4.31 Å². The van der Waals surface area contributed by atoms with Crippen LogP contribution in [0.4, 0.5) is 0 Å². The highest BCUT2D eigenvalue weighted by atomic mass is 32.2. The maximum atomic E-state index is 11.4. The number of nitrogens with zero attached hydrogens (tertiary/aromatic N) is 3. The van der Waals surface area contributed by atoms with E-state index in [1.165, 1.54) is 10.6 Å². The fraction of sp³-hybridized carbons (Fsp3) is 0.615. The molecule has 2 heterocycles. The summed E-state index contributed by atoms with van der Waals surface area (Å²) in [6.45, 7) is 5.95. The minimum absolute atomic E-state index is 0.559.